The first-order valence-electron chi connectivity index (χ1n) is 10.7. The molecule has 0 atom stereocenters. The molecule has 0 fully saturated rings. The van der Waals surface area contributed by atoms with E-state index in [1.54, 1.807) is 33.8 Å². The van der Waals surface area contributed by atoms with E-state index in [4.69, 9.17) is 23.2 Å². The first-order valence-corrected chi connectivity index (χ1v) is 11.4. The molecule has 0 aliphatic heterocycles. The standard InChI is InChI=1S/C27H26Cl2N2O2/c1-26(2,32)19-12-8-17(9-13-19)18-10-14-20(15-11-18)31-16-23(27(3,4)33)30-25(31)21-6-5-7-22(28)24(21)29/h5-16,32-33H,1-4H3. The molecule has 0 radical (unpaired) electrons. The van der Waals surface area contributed by atoms with Crippen molar-refractivity contribution in [3.05, 3.63) is 94.2 Å². The van der Waals surface area contributed by atoms with Crippen LogP contribution < -0.4 is 0 Å². The number of rotatable bonds is 5. The van der Waals surface area contributed by atoms with Gasteiger partial charge >= 0.3 is 0 Å². The van der Waals surface area contributed by atoms with Crippen molar-refractivity contribution in [2.24, 2.45) is 0 Å². The lowest BCUT2D eigenvalue weighted by atomic mass is 9.95. The summed E-state index contributed by atoms with van der Waals surface area (Å²) in [6.45, 7) is 6.94. The SMILES string of the molecule is CC(C)(O)c1ccc(-c2ccc(-n3cc(C(C)(C)O)nc3-c3cccc(Cl)c3Cl)cc2)cc1. The lowest BCUT2D eigenvalue weighted by Gasteiger charge is -2.18. The van der Waals surface area contributed by atoms with Gasteiger partial charge in [0, 0.05) is 17.4 Å². The van der Waals surface area contributed by atoms with Crippen LogP contribution in [0.1, 0.15) is 39.0 Å². The monoisotopic (exact) mass is 480 g/mol. The molecule has 4 aromatic rings. The molecule has 4 nitrogen and oxygen atoms in total. The van der Waals surface area contributed by atoms with Gasteiger partial charge in [-0.3, -0.25) is 4.57 Å². The zero-order valence-corrected chi connectivity index (χ0v) is 20.5. The van der Waals surface area contributed by atoms with Crippen LogP contribution in [0.4, 0.5) is 0 Å². The molecule has 2 N–H and O–H groups in total. The predicted molar refractivity (Wildman–Crippen MR) is 135 cm³/mol. The van der Waals surface area contributed by atoms with Gasteiger partial charge in [0.1, 0.15) is 11.4 Å². The van der Waals surface area contributed by atoms with Gasteiger partial charge in [0.15, 0.2) is 0 Å². The zero-order valence-electron chi connectivity index (χ0n) is 19.0. The lowest BCUT2D eigenvalue weighted by molar-refractivity contribution is 0.0742. The molecule has 1 heterocycles. The van der Waals surface area contributed by atoms with Gasteiger partial charge in [0.25, 0.3) is 0 Å². The average molecular weight is 481 g/mol. The predicted octanol–water partition coefficient (Wildman–Crippen LogP) is 6.97. The molecule has 0 saturated heterocycles. The molecule has 0 saturated carbocycles. The summed E-state index contributed by atoms with van der Waals surface area (Å²) in [4.78, 5) is 4.69. The Morgan fingerprint density at radius 1 is 0.758 bits per heavy atom. The summed E-state index contributed by atoms with van der Waals surface area (Å²) in [5.74, 6) is 0.599. The third-order valence-corrected chi connectivity index (χ3v) is 6.41. The Bertz CT molecular complexity index is 1280. The molecule has 0 aliphatic rings. The highest BCUT2D eigenvalue weighted by Crippen LogP contribution is 2.36. The Kier molecular flexibility index (Phi) is 6.14. The normalized spacial score (nSPS) is 12.2. The van der Waals surface area contributed by atoms with Crippen molar-refractivity contribution < 1.29 is 10.2 Å². The number of benzene rings is 3. The molecule has 3 aromatic carbocycles. The highest BCUT2D eigenvalue weighted by atomic mass is 35.5. The van der Waals surface area contributed by atoms with Crippen molar-refractivity contribution in [3.63, 3.8) is 0 Å². The molecular weight excluding hydrogens is 455 g/mol. The van der Waals surface area contributed by atoms with Crippen LogP contribution in [0.5, 0.6) is 0 Å². The van der Waals surface area contributed by atoms with Crippen molar-refractivity contribution in [2.75, 3.05) is 0 Å². The summed E-state index contributed by atoms with van der Waals surface area (Å²) in [6.07, 6.45) is 1.82. The highest BCUT2D eigenvalue weighted by Gasteiger charge is 2.24. The minimum atomic E-state index is -1.12. The summed E-state index contributed by atoms with van der Waals surface area (Å²) >= 11 is 12.7. The van der Waals surface area contributed by atoms with Gasteiger partial charge in [-0.05, 0) is 68.7 Å². The van der Waals surface area contributed by atoms with E-state index in [2.05, 4.69) is 4.98 Å². The van der Waals surface area contributed by atoms with E-state index in [1.807, 2.05) is 71.4 Å². The van der Waals surface area contributed by atoms with Gasteiger partial charge in [0.2, 0.25) is 0 Å². The van der Waals surface area contributed by atoms with Crippen LogP contribution in [-0.2, 0) is 11.2 Å². The molecule has 0 aliphatic carbocycles. The van der Waals surface area contributed by atoms with Crippen LogP contribution in [0.25, 0.3) is 28.2 Å². The topological polar surface area (TPSA) is 58.3 Å². The third kappa shape index (κ3) is 4.85. The minimum Gasteiger partial charge on any atom is -0.386 e. The van der Waals surface area contributed by atoms with Gasteiger partial charge in [-0.25, -0.2) is 4.98 Å². The van der Waals surface area contributed by atoms with Gasteiger partial charge in [0.05, 0.1) is 21.3 Å². The number of hydrogen-bond donors (Lipinski definition) is 2. The minimum absolute atomic E-state index is 0.414. The Morgan fingerprint density at radius 3 is 1.88 bits per heavy atom. The van der Waals surface area contributed by atoms with Gasteiger partial charge in [-0.15, -0.1) is 0 Å². The Hall–Kier alpha value is -2.63. The summed E-state index contributed by atoms with van der Waals surface area (Å²) in [7, 11) is 0. The molecule has 1 aromatic heterocycles. The maximum absolute atomic E-state index is 10.6. The summed E-state index contributed by atoms with van der Waals surface area (Å²) in [6, 6.07) is 21.4. The number of imidazole rings is 1. The second kappa shape index (κ2) is 8.62. The smallest absolute Gasteiger partial charge is 0.146 e. The van der Waals surface area contributed by atoms with Crippen LogP contribution in [-0.4, -0.2) is 19.8 Å². The van der Waals surface area contributed by atoms with E-state index in [-0.39, 0.29) is 0 Å². The summed E-state index contributed by atoms with van der Waals surface area (Å²) in [5, 5.41) is 21.6. The summed E-state index contributed by atoms with van der Waals surface area (Å²) in [5.41, 5.74) is 3.06. The second-order valence-corrected chi connectivity index (χ2v) is 9.95. The van der Waals surface area contributed by atoms with Crippen LogP contribution in [0.15, 0.2) is 72.9 Å². The third-order valence-electron chi connectivity index (χ3n) is 5.60. The van der Waals surface area contributed by atoms with Crippen molar-refractivity contribution in [1.82, 2.24) is 9.55 Å². The van der Waals surface area contributed by atoms with E-state index in [0.717, 1.165) is 22.4 Å². The van der Waals surface area contributed by atoms with Gasteiger partial charge < -0.3 is 10.2 Å². The zero-order chi connectivity index (χ0) is 24.0. The van der Waals surface area contributed by atoms with Gasteiger partial charge in [-0.2, -0.15) is 0 Å². The number of halogens is 2. The molecule has 0 bridgehead atoms. The Morgan fingerprint density at radius 2 is 1.33 bits per heavy atom. The van der Waals surface area contributed by atoms with Crippen molar-refractivity contribution in [1.29, 1.82) is 0 Å². The molecule has 0 spiro atoms. The molecule has 4 rings (SSSR count). The Labute approximate surface area is 204 Å². The number of nitrogens with zero attached hydrogens (tertiary/aromatic N) is 2. The maximum atomic E-state index is 10.6. The van der Waals surface area contributed by atoms with Crippen LogP contribution in [0.3, 0.4) is 0 Å². The molecule has 170 valence electrons. The number of aromatic nitrogens is 2. The second-order valence-electron chi connectivity index (χ2n) is 9.16. The summed E-state index contributed by atoms with van der Waals surface area (Å²) < 4.78 is 1.91. The Balaban J connectivity index is 1.76. The van der Waals surface area contributed by atoms with Crippen LogP contribution >= 0.6 is 23.2 Å². The van der Waals surface area contributed by atoms with Crippen LogP contribution in [0.2, 0.25) is 10.0 Å². The fraction of sp³-hybridized carbons (Fsp3) is 0.222. The number of aliphatic hydroxyl groups is 2. The van der Waals surface area contributed by atoms with Crippen molar-refractivity contribution >= 4 is 23.2 Å². The van der Waals surface area contributed by atoms with E-state index < -0.39 is 11.2 Å². The van der Waals surface area contributed by atoms with E-state index in [0.29, 0.717) is 27.1 Å². The van der Waals surface area contributed by atoms with Crippen molar-refractivity contribution in [3.8, 4) is 28.2 Å². The molecule has 0 amide bonds. The molecular formula is C27H26Cl2N2O2. The molecule has 0 unspecified atom stereocenters. The van der Waals surface area contributed by atoms with E-state index in [9.17, 15) is 10.2 Å². The van der Waals surface area contributed by atoms with Crippen molar-refractivity contribution in [2.45, 2.75) is 38.9 Å². The lowest BCUT2D eigenvalue weighted by Crippen LogP contribution is -2.15. The van der Waals surface area contributed by atoms with Gasteiger partial charge in [-0.1, -0.05) is 65.7 Å². The van der Waals surface area contributed by atoms with E-state index >= 15 is 0 Å². The molecule has 6 heteroatoms. The fourth-order valence-electron chi connectivity index (χ4n) is 3.62. The quantitative estimate of drug-likeness (QED) is 0.324. The average Bonchev–Trinajstić information content (AvgIpc) is 3.21. The highest BCUT2D eigenvalue weighted by molar-refractivity contribution is 6.43. The first-order chi connectivity index (χ1) is 15.4. The fourth-order valence-corrected chi connectivity index (χ4v) is 4.01. The largest absolute Gasteiger partial charge is 0.386 e. The maximum Gasteiger partial charge on any atom is 0.146 e. The number of hydrogen-bond acceptors (Lipinski definition) is 3. The molecule has 33 heavy (non-hydrogen) atoms. The first kappa shape index (κ1) is 23.5. The van der Waals surface area contributed by atoms with Crippen LogP contribution in [0, 0.1) is 0 Å². The van der Waals surface area contributed by atoms with E-state index in [1.165, 1.54) is 0 Å².